The van der Waals surface area contributed by atoms with Gasteiger partial charge in [0.15, 0.2) is 5.65 Å². The molecular formula is C24H23N9O. The maximum Gasteiger partial charge on any atom is 0.323 e. The number of nitrogens with zero attached hydrogens (tertiary/aromatic N) is 5. The zero-order valence-electron chi connectivity index (χ0n) is 18.3. The summed E-state index contributed by atoms with van der Waals surface area (Å²) in [5, 5.41) is 17.0. The summed E-state index contributed by atoms with van der Waals surface area (Å²) in [5.74, 6) is 1.59. The molecule has 0 amide bonds. The summed E-state index contributed by atoms with van der Waals surface area (Å²) in [4.78, 5) is 21.9. The molecule has 4 aromatic heterocycles. The van der Waals surface area contributed by atoms with Crippen molar-refractivity contribution >= 4 is 29.9 Å². The van der Waals surface area contributed by atoms with Crippen molar-refractivity contribution in [1.29, 1.82) is 0 Å². The fourth-order valence-electron chi connectivity index (χ4n) is 3.90. The van der Waals surface area contributed by atoms with Crippen molar-refractivity contribution in [1.82, 2.24) is 34.3 Å². The predicted octanol–water partition coefficient (Wildman–Crippen LogP) is 1.36. The van der Waals surface area contributed by atoms with Crippen LogP contribution in [0.5, 0.6) is 0 Å². The number of fused-ring (bicyclic) bond motifs is 1. The first-order chi connectivity index (χ1) is 16.6. The van der Waals surface area contributed by atoms with Crippen LogP contribution in [-0.2, 0) is 6.54 Å². The van der Waals surface area contributed by atoms with Crippen LogP contribution in [-0.4, -0.2) is 40.4 Å². The number of benzene rings is 1. The Morgan fingerprint density at radius 1 is 1.18 bits per heavy atom. The lowest BCUT2D eigenvalue weighted by atomic mass is 10.2. The zero-order valence-corrected chi connectivity index (χ0v) is 18.3. The molecule has 1 aromatic carbocycles. The Balaban J connectivity index is 1.38. The Bertz CT molecular complexity index is 1640. The second kappa shape index (κ2) is 8.07. The van der Waals surface area contributed by atoms with Gasteiger partial charge in [-0.15, -0.1) is 0 Å². The largest absolute Gasteiger partial charge is 0.367 e. The van der Waals surface area contributed by atoms with Crippen molar-refractivity contribution in [2.24, 2.45) is 0 Å². The van der Waals surface area contributed by atoms with E-state index in [-0.39, 0.29) is 5.69 Å². The molecule has 5 aromatic rings. The van der Waals surface area contributed by atoms with E-state index in [9.17, 15) is 4.79 Å². The molecule has 1 fully saturated rings. The molecule has 10 heteroatoms. The number of H-pyrrole nitrogens is 2. The minimum absolute atomic E-state index is 0.296. The van der Waals surface area contributed by atoms with Gasteiger partial charge in [-0.1, -0.05) is 24.8 Å². The SMILES string of the molecule is C=c1[nH]c(=O)[nH]/c1=C\c1cnn2c(NC3CC3)cc(NCc3ccccc3-n3cccn3)nc12. The van der Waals surface area contributed by atoms with Gasteiger partial charge in [-0.05, 0) is 36.6 Å². The predicted molar refractivity (Wildman–Crippen MR) is 130 cm³/mol. The molecule has 0 aliphatic heterocycles. The molecule has 1 aliphatic rings. The van der Waals surface area contributed by atoms with Crippen LogP contribution in [0.1, 0.15) is 24.0 Å². The fraction of sp³-hybridized carbons (Fsp3) is 0.167. The van der Waals surface area contributed by atoms with Crippen LogP contribution in [0.4, 0.5) is 11.6 Å². The van der Waals surface area contributed by atoms with E-state index in [1.165, 1.54) is 0 Å². The molecule has 0 atom stereocenters. The van der Waals surface area contributed by atoms with Crippen LogP contribution in [0.25, 0.3) is 24.0 Å². The average Bonchev–Trinajstić information content (AvgIpc) is 3.20. The Labute approximate surface area is 193 Å². The van der Waals surface area contributed by atoms with Gasteiger partial charge in [0.05, 0.1) is 22.6 Å². The standard InChI is InChI=1S/C24H23N9O/c1-15-19(30-24(34)28-15)11-17-14-27-33-22(29-18-7-8-18)12-21(31-23(17)33)25-13-16-5-2-3-6-20(16)32-10-4-9-26-32/h2-6,9-12,14,18,29H,1,7-8,13H2,(H,25,31)(H2,28,30,34)/b19-11-. The van der Waals surface area contributed by atoms with Gasteiger partial charge in [-0.3, -0.25) is 0 Å². The van der Waals surface area contributed by atoms with Crippen molar-refractivity contribution in [3.63, 3.8) is 0 Å². The van der Waals surface area contributed by atoms with Crippen molar-refractivity contribution in [3.8, 4) is 5.69 Å². The van der Waals surface area contributed by atoms with Gasteiger partial charge in [0, 0.05) is 36.6 Å². The minimum Gasteiger partial charge on any atom is -0.367 e. The van der Waals surface area contributed by atoms with E-state index in [1.54, 1.807) is 16.9 Å². The van der Waals surface area contributed by atoms with Crippen molar-refractivity contribution in [3.05, 3.63) is 87.3 Å². The van der Waals surface area contributed by atoms with Crippen LogP contribution < -0.4 is 27.0 Å². The molecular weight excluding hydrogens is 430 g/mol. The lowest BCUT2D eigenvalue weighted by Gasteiger charge is -2.13. The van der Waals surface area contributed by atoms with Crippen molar-refractivity contribution in [2.75, 3.05) is 10.6 Å². The number of nitrogens with one attached hydrogen (secondary N) is 4. The Kier molecular flexibility index (Phi) is 4.76. The lowest BCUT2D eigenvalue weighted by molar-refractivity contribution is 0.863. The van der Waals surface area contributed by atoms with Crippen LogP contribution in [0.3, 0.4) is 0 Å². The highest BCUT2D eigenvalue weighted by Gasteiger charge is 2.23. The topological polar surface area (TPSA) is 121 Å². The molecule has 34 heavy (non-hydrogen) atoms. The second-order valence-corrected chi connectivity index (χ2v) is 8.33. The number of hydrogen-bond acceptors (Lipinski definition) is 6. The highest BCUT2D eigenvalue weighted by atomic mass is 16.1. The Morgan fingerprint density at radius 2 is 2.06 bits per heavy atom. The third kappa shape index (κ3) is 3.85. The van der Waals surface area contributed by atoms with E-state index >= 15 is 0 Å². The van der Waals surface area contributed by atoms with Gasteiger partial charge in [0.1, 0.15) is 11.6 Å². The molecule has 1 saturated carbocycles. The Hall–Kier alpha value is -4.60. The summed E-state index contributed by atoms with van der Waals surface area (Å²) in [6.45, 7) is 4.45. The van der Waals surface area contributed by atoms with E-state index in [2.05, 4.69) is 43.4 Å². The Morgan fingerprint density at radius 3 is 2.82 bits per heavy atom. The summed E-state index contributed by atoms with van der Waals surface area (Å²) in [5.41, 5.74) is 3.26. The first-order valence-electron chi connectivity index (χ1n) is 11.1. The highest BCUT2D eigenvalue weighted by molar-refractivity contribution is 5.69. The summed E-state index contributed by atoms with van der Waals surface area (Å²) >= 11 is 0. The quantitative estimate of drug-likeness (QED) is 0.295. The summed E-state index contributed by atoms with van der Waals surface area (Å²) < 4.78 is 3.65. The third-order valence-electron chi connectivity index (χ3n) is 5.77. The summed E-state index contributed by atoms with van der Waals surface area (Å²) in [6, 6.07) is 12.5. The molecule has 4 N–H and O–H groups in total. The number of anilines is 2. The van der Waals surface area contributed by atoms with E-state index in [4.69, 9.17) is 4.98 Å². The average molecular weight is 454 g/mol. The number of aromatic amines is 2. The molecule has 10 nitrogen and oxygen atoms in total. The minimum atomic E-state index is -0.296. The monoisotopic (exact) mass is 453 g/mol. The molecule has 4 heterocycles. The number of para-hydroxylation sites is 1. The number of aromatic nitrogens is 7. The summed E-state index contributed by atoms with van der Waals surface area (Å²) in [7, 11) is 0. The van der Waals surface area contributed by atoms with Gasteiger partial charge >= 0.3 is 5.69 Å². The maximum atomic E-state index is 11.6. The normalized spacial score (nSPS) is 14.1. The van der Waals surface area contributed by atoms with E-state index in [0.29, 0.717) is 28.9 Å². The van der Waals surface area contributed by atoms with Gasteiger partial charge in [0.25, 0.3) is 0 Å². The van der Waals surface area contributed by atoms with Gasteiger partial charge in [0.2, 0.25) is 0 Å². The van der Waals surface area contributed by atoms with Crippen LogP contribution in [0.15, 0.2) is 59.8 Å². The van der Waals surface area contributed by atoms with Gasteiger partial charge in [-0.2, -0.15) is 14.7 Å². The number of hydrogen-bond donors (Lipinski definition) is 4. The molecule has 6 rings (SSSR count). The van der Waals surface area contributed by atoms with Gasteiger partial charge < -0.3 is 20.6 Å². The molecule has 0 spiro atoms. The van der Waals surface area contributed by atoms with Crippen LogP contribution >= 0.6 is 0 Å². The molecule has 0 unspecified atom stereocenters. The van der Waals surface area contributed by atoms with Gasteiger partial charge in [-0.25, -0.2) is 14.5 Å². The molecule has 170 valence electrons. The smallest absolute Gasteiger partial charge is 0.323 e. The highest BCUT2D eigenvalue weighted by Crippen LogP contribution is 2.27. The molecule has 1 aliphatic carbocycles. The first-order valence-corrected chi connectivity index (χ1v) is 11.1. The van der Waals surface area contributed by atoms with Crippen LogP contribution in [0.2, 0.25) is 0 Å². The second-order valence-electron chi connectivity index (χ2n) is 8.33. The third-order valence-corrected chi connectivity index (χ3v) is 5.77. The molecule has 0 radical (unpaired) electrons. The molecule has 0 bridgehead atoms. The van der Waals surface area contributed by atoms with E-state index in [1.807, 2.05) is 47.3 Å². The number of rotatable bonds is 7. The summed E-state index contributed by atoms with van der Waals surface area (Å²) in [6.07, 6.45) is 9.54. The number of imidazole rings is 1. The molecule has 0 saturated heterocycles. The van der Waals surface area contributed by atoms with E-state index < -0.39 is 0 Å². The zero-order chi connectivity index (χ0) is 23.1. The van der Waals surface area contributed by atoms with E-state index in [0.717, 1.165) is 41.3 Å². The lowest BCUT2D eigenvalue weighted by Crippen LogP contribution is -2.22. The van der Waals surface area contributed by atoms with Crippen molar-refractivity contribution in [2.45, 2.75) is 25.4 Å². The maximum absolute atomic E-state index is 11.6. The van der Waals surface area contributed by atoms with Crippen molar-refractivity contribution < 1.29 is 0 Å². The first kappa shape index (κ1) is 20.0. The van der Waals surface area contributed by atoms with Crippen LogP contribution in [0, 0.1) is 0 Å². The fourth-order valence-corrected chi connectivity index (χ4v) is 3.90.